The molecule has 27 heavy (non-hydrogen) atoms. The average molecular weight is 429 g/mol. The maximum atomic E-state index is 5.79. The van der Waals surface area contributed by atoms with Crippen LogP contribution in [0.5, 0.6) is 0 Å². The molecule has 1 aliphatic rings. The zero-order valence-corrected chi connectivity index (χ0v) is 16.8. The van der Waals surface area contributed by atoms with E-state index in [-0.39, 0.29) is 12.2 Å². The van der Waals surface area contributed by atoms with Crippen LogP contribution in [0.15, 0.2) is 47.1 Å². The Morgan fingerprint density at radius 2 is 1.85 bits per heavy atom. The van der Waals surface area contributed by atoms with Crippen LogP contribution >= 0.6 is 15.9 Å². The Kier molecular flexibility index (Phi) is 5.09. The first-order valence-electron chi connectivity index (χ1n) is 8.88. The van der Waals surface area contributed by atoms with E-state index in [1.54, 1.807) is 6.20 Å². The number of rotatable bonds is 4. The molecule has 8 heteroatoms. The number of nitrogens with zero attached hydrogens (tertiary/aromatic N) is 4. The smallest absolute Gasteiger partial charge is 0.227 e. The van der Waals surface area contributed by atoms with E-state index in [9.17, 15) is 0 Å². The van der Waals surface area contributed by atoms with Gasteiger partial charge < -0.3 is 15.0 Å². The van der Waals surface area contributed by atoms with Gasteiger partial charge in [-0.1, -0.05) is 28.1 Å². The molecule has 1 aliphatic heterocycles. The molecule has 1 aromatic carbocycles. The molecule has 0 aliphatic carbocycles. The van der Waals surface area contributed by atoms with Crippen molar-refractivity contribution in [3.63, 3.8) is 0 Å². The van der Waals surface area contributed by atoms with Crippen molar-refractivity contribution >= 4 is 33.5 Å². The minimum absolute atomic E-state index is 0.161. The van der Waals surface area contributed by atoms with E-state index in [2.05, 4.69) is 60.2 Å². The summed E-state index contributed by atoms with van der Waals surface area (Å²) < 4.78 is 6.83. The van der Waals surface area contributed by atoms with E-state index in [1.165, 1.54) is 0 Å². The number of anilines is 3. The summed E-state index contributed by atoms with van der Waals surface area (Å²) in [6.07, 6.45) is 2.08. The normalized spacial score (nSPS) is 19.9. The Balaban J connectivity index is 1.49. The minimum atomic E-state index is 0.161. The third-order valence-electron chi connectivity index (χ3n) is 4.33. The first-order chi connectivity index (χ1) is 13.1. The van der Waals surface area contributed by atoms with Crippen molar-refractivity contribution in [1.82, 2.24) is 20.2 Å². The fourth-order valence-corrected chi connectivity index (χ4v) is 3.47. The van der Waals surface area contributed by atoms with Crippen LogP contribution in [0, 0.1) is 0 Å². The van der Waals surface area contributed by atoms with Crippen molar-refractivity contribution in [3.8, 4) is 11.3 Å². The number of hydrogen-bond donors (Lipinski definition) is 2. The maximum Gasteiger partial charge on any atom is 0.227 e. The molecule has 0 saturated carbocycles. The molecule has 2 N–H and O–H groups in total. The molecule has 3 aromatic rings. The van der Waals surface area contributed by atoms with Gasteiger partial charge in [-0.15, -0.1) is 0 Å². The van der Waals surface area contributed by atoms with Gasteiger partial charge in [-0.25, -0.2) is 4.98 Å². The third-order valence-corrected chi connectivity index (χ3v) is 4.86. The fourth-order valence-electron chi connectivity index (χ4n) is 3.21. The highest BCUT2D eigenvalue weighted by molar-refractivity contribution is 9.10. The topological polar surface area (TPSA) is 79.0 Å². The van der Waals surface area contributed by atoms with E-state index in [0.717, 1.165) is 28.8 Å². The van der Waals surface area contributed by atoms with Crippen LogP contribution in [0.1, 0.15) is 13.8 Å². The Labute approximate surface area is 166 Å². The molecule has 2 aromatic heterocycles. The Morgan fingerprint density at radius 3 is 2.59 bits per heavy atom. The summed E-state index contributed by atoms with van der Waals surface area (Å²) in [5.74, 6) is 2.12. The lowest BCUT2D eigenvalue weighted by molar-refractivity contribution is -0.00571. The lowest BCUT2D eigenvalue weighted by Crippen LogP contribution is -2.46. The molecule has 7 nitrogen and oxygen atoms in total. The van der Waals surface area contributed by atoms with Gasteiger partial charge in [0.25, 0.3) is 0 Å². The molecule has 4 rings (SSSR count). The van der Waals surface area contributed by atoms with Gasteiger partial charge in [0.15, 0.2) is 5.82 Å². The van der Waals surface area contributed by atoms with Crippen molar-refractivity contribution in [3.05, 3.63) is 47.1 Å². The van der Waals surface area contributed by atoms with Gasteiger partial charge in [-0.3, -0.25) is 5.10 Å². The van der Waals surface area contributed by atoms with Gasteiger partial charge in [0.1, 0.15) is 5.82 Å². The van der Waals surface area contributed by atoms with Crippen LogP contribution in [0.2, 0.25) is 0 Å². The number of halogens is 1. The van der Waals surface area contributed by atoms with Crippen molar-refractivity contribution in [2.75, 3.05) is 23.3 Å². The van der Waals surface area contributed by atoms with Crippen LogP contribution in [0.4, 0.5) is 17.6 Å². The summed E-state index contributed by atoms with van der Waals surface area (Å²) in [5, 5.41) is 10.6. The molecule has 1 fully saturated rings. The van der Waals surface area contributed by atoms with Crippen LogP contribution in [-0.4, -0.2) is 45.5 Å². The summed E-state index contributed by atoms with van der Waals surface area (Å²) in [6.45, 7) is 5.70. The molecule has 2 atom stereocenters. The Bertz CT molecular complexity index is 903. The van der Waals surface area contributed by atoms with Crippen LogP contribution in [-0.2, 0) is 4.74 Å². The second-order valence-electron chi connectivity index (χ2n) is 6.70. The lowest BCUT2D eigenvalue weighted by atomic mass is 10.1. The van der Waals surface area contributed by atoms with E-state index in [0.29, 0.717) is 17.6 Å². The maximum absolute atomic E-state index is 5.79. The van der Waals surface area contributed by atoms with Crippen LogP contribution < -0.4 is 10.2 Å². The molecule has 0 spiro atoms. The quantitative estimate of drug-likeness (QED) is 0.653. The highest BCUT2D eigenvalue weighted by Gasteiger charge is 2.24. The standard InChI is InChI=1S/C19H21BrN6O/c1-12-10-26(11-13(2)27-12)19-21-8-7-17(23-19)22-18-9-16(24-25-18)14-3-5-15(20)6-4-14/h3-9,12-13H,10-11H2,1-2H3,(H2,21,22,23,24,25)/t12-,13+. The summed E-state index contributed by atoms with van der Waals surface area (Å²) in [6, 6.07) is 11.9. The van der Waals surface area contributed by atoms with Gasteiger partial charge in [0, 0.05) is 29.8 Å². The molecule has 0 bridgehead atoms. The number of H-pyrrole nitrogens is 1. The summed E-state index contributed by atoms with van der Waals surface area (Å²) >= 11 is 3.45. The first-order valence-corrected chi connectivity index (χ1v) is 9.68. The molecule has 140 valence electrons. The summed E-state index contributed by atoms with van der Waals surface area (Å²) in [5.41, 5.74) is 2.01. The Hall–Kier alpha value is -2.45. The van der Waals surface area contributed by atoms with E-state index >= 15 is 0 Å². The monoisotopic (exact) mass is 428 g/mol. The minimum Gasteiger partial charge on any atom is -0.372 e. The second-order valence-corrected chi connectivity index (χ2v) is 7.62. The van der Waals surface area contributed by atoms with Crippen molar-refractivity contribution in [2.45, 2.75) is 26.1 Å². The fraction of sp³-hybridized carbons (Fsp3) is 0.316. The number of ether oxygens (including phenoxy) is 1. The molecule has 0 unspecified atom stereocenters. The number of benzene rings is 1. The second kappa shape index (κ2) is 7.66. The number of morpholine rings is 1. The molecule has 3 heterocycles. The lowest BCUT2D eigenvalue weighted by Gasteiger charge is -2.35. The number of nitrogens with one attached hydrogen (secondary N) is 2. The zero-order chi connectivity index (χ0) is 18.8. The molecular formula is C19H21BrN6O. The van der Waals surface area contributed by atoms with Crippen LogP contribution in [0.3, 0.4) is 0 Å². The first kappa shape index (κ1) is 17.9. The number of aromatic nitrogens is 4. The predicted molar refractivity (Wildman–Crippen MR) is 109 cm³/mol. The molecular weight excluding hydrogens is 408 g/mol. The SMILES string of the molecule is C[C@@H]1CN(c2nccc(Nc3cc(-c4ccc(Br)cc4)[nH]n3)n2)C[C@H](C)O1. The van der Waals surface area contributed by atoms with E-state index < -0.39 is 0 Å². The number of hydrogen-bond acceptors (Lipinski definition) is 6. The van der Waals surface area contributed by atoms with Crippen molar-refractivity contribution in [1.29, 1.82) is 0 Å². The van der Waals surface area contributed by atoms with E-state index in [4.69, 9.17) is 4.74 Å². The van der Waals surface area contributed by atoms with Gasteiger partial charge in [0.05, 0.1) is 17.9 Å². The van der Waals surface area contributed by atoms with Crippen molar-refractivity contribution in [2.24, 2.45) is 0 Å². The van der Waals surface area contributed by atoms with Crippen molar-refractivity contribution < 1.29 is 4.74 Å². The third kappa shape index (κ3) is 4.28. The Morgan fingerprint density at radius 1 is 1.11 bits per heavy atom. The zero-order valence-electron chi connectivity index (χ0n) is 15.2. The molecule has 1 saturated heterocycles. The number of aromatic amines is 1. The molecule has 0 radical (unpaired) electrons. The largest absolute Gasteiger partial charge is 0.372 e. The van der Waals surface area contributed by atoms with Gasteiger partial charge in [0.2, 0.25) is 5.95 Å². The summed E-state index contributed by atoms with van der Waals surface area (Å²) in [4.78, 5) is 11.2. The van der Waals surface area contributed by atoms with Gasteiger partial charge >= 0.3 is 0 Å². The average Bonchev–Trinajstić information content (AvgIpc) is 3.10. The van der Waals surface area contributed by atoms with E-state index in [1.807, 2.05) is 36.4 Å². The highest BCUT2D eigenvalue weighted by atomic mass is 79.9. The van der Waals surface area contributed by atoms with Crippen LogP contribution in [0.25, 0.3) is 11.3 Å². The highest BCUT2D eigenvalue weighted by Crippen LogP contribution is 2.24. The van der Waals surface area contributed by atoms with Gasteiger partial charge in [-0.05, 0) is 37.6 Å². The predicted octanol–water partition coefficient (Wildman–Crippen LogP) is 3.99. The van der Waals surface area contributed by atoms with Gasteiger partial charge in [-0.2, -0.15) is 10.1 Å². The molecule has 0 amide bonds. The summed E-state index contributed by atoms with van der Waals surface area (Å²) in [7, 11) is 0.